The summed E-state index contributed by atoms with van der Waals surface area (Å²) in [5.74, 6) is -0.335. The van der Waals surface area contributed by atoms with Gasteiger partial charge < -0.3 is 10.2 Å². The molecule has 2 aromatic rings. The Morgan fingerprint density at radius 3 is 2.61 bits per heavy atom. The van der Waals surface area contributed by atoms with Crippen molar-refractivity contribution in [3.63, 3.8) is 0 Å². The number of aromatic amines is 1. The quantitative estimate of drug-likeness (QED) is 0.712. The molecule has 1 aromatic heterocycles. The first-order valence-electron chi connectivity index (χ1n) is 7.91. The summed E-state index contributed by atoms with van der Waals surface area (Å²) in [5, 5.41) is 6.84. The fourth-order valence-electron chi connectivity index (χ4n) is 2.30. The third-order valence-corrected chi connectivity index (χ3v) is 3.66. The summed E-state index contributed by atoms with van der Waals surface area (Å²) in [6.07, 6.45) is 0.858. The molecule has 0 aliphatic carbocycles. The molecule has 0 saturated carbocycles. The number of carbonyl (C=O) groups is 1. The Morgan fingerprint density at radius 2 is 1.96 bits per heavy atom. The lowest BCUT2D eigenvalue weighted by atomic mass is 10.3. The van der Waals surface area contributed by atoms with Crippen molar-refractivity contribution < 1.29 is 4.79 Å². The van der Waals surface area contributed by atoms with Crippen LogP contribution in [0.2, 0.25) is 0 Å². The summed E-state index contributed by atoms with van der Waals surface area (Å²) in [7, 11) is 0. The molecule has 0 fully saturated rings. The Morgan fingerprint density at radius 1 is 1.26 bits per heavy atom. The molecular formula is C16H23N5O2. The van der Waals surface area contributed by atoms with E-state index < -0.39 is 5.69 Å². The molecule has 1 aromatic carbocycles. The fraction of sp³-hybridized carbons (Fsp3) is 0.438. The number of nitrogens with zero attached hydrogens (tertiary/aromatic N) is 3. The van der Waals surface area contributed by atoms with Crippen LogP contribution in [0.15, 0.2) is 35.1 Å². The summed E-state index contributed by atoms with van der Waals surface area (Å²) in [6.45, 7) is 7.71. The molecule has 2 rings (SSSR count). The van der Waals surface area contributed by atoms with Crippen LogP contribution in [0.25, 0.3) is 5.69 Å². The predicted molar refractivity (Wildman–Crippen MR) is 88.9 cm³/mol. The van der Waals surface area contributed by atoms with Crippen molar-refractivity contribution in [2.45, 2.75) is 20.3 Å². The van der Waals surface area contributed by atoms with Crippen LogP contribution in [0.5, 0.6) is 0 Å². The zero-order valence-corrected chi connectivity index (χ0v) is 13.6. The molecule has 124 valence electrons. The van der Waals surface area contributed by atoms with Gasteiger partial charge in [0.15, 0.2) is 0 Å². The lowest BCUT2D eigenvalue weighted by Crippen LogP contribution is -2.30. The molecule has 0 unspecified atom stereocenters. The number of rotatable bonds is 8. The second kappa shape index (κ2) is 8.28. The molecule has 0 aliphatic rings. The van der Waals surface area contributed by atoms with Gasteiger partial charge in [-0.1, -0.05) is 32.0 Å². The van der Waals surface area contributed by atoms with Crippen LogP contribution in [-0.4, -0.2) is 51.8 Å². The lowest BCUT2D eigenvalue weighted by Gasteiger charge is -2.17. The Kier molecular flexibility index (Phi) is 6.10. The normalized spacial score (nSPS) is 10.9. The van der Waals surface area contributed by atoms with Crippen molar-refractivity contribution in [2.24, 2.45) is 0 Å². The molecule has 0 saturated heterocycles. The van der Waals surface area contributed by atoms with Crippen LogP contribution in [0, 0.1) is 0 Å². The molecule has 2 N–H and O–H groups in total. The van der Waals surface area contributed by atoms with E-state index in [1.807, 2.05) is 18.2 Å². The molecule has 23 heavy (non-hydrogen) atoms. The van der Waals surface area contributed by atoms with Gasteiger partial charge in [0, 0.05) is 6.54 Å². The van der Waals surface area contributed by atoms with Crippen LogP contribution in [0.4, 0.5) is 0 Å². The Hall–Kier alpha value is -2.41. The van der Waals surface area contributed by atoms with Gasteiger partial charge in [-0.3, -0.25) is 9.78 Å². The van der Waals surface area contributed by atoms with Crippen molar-refractivity contribution in [3.8, 4) is 5.69 Å². The summed E-state index contributed by atoms with van der Waals surface area (Å²) in [5.41, 5.74) is 0.193. The maximum absolute atomic E-state index is 12.1. The summed E-state index contributed by atoms with van der Waals surface area (Å²) < 4.78 is 1.19. The number of aromatic nitrogens is 3. The molecule has 0 aliphatic heterocycles. The Bertz CT molecular complexity index is 673. The highest BCUT2D eigenvalue weighted by atomic mass is 16.2. The maximum Gasteiger partial charge on any atom is 0.348 e. The molecule has 7 heteroatoms. The van der Waals surface area contributed by atoms with Gasteiger partial charge in [-0.2, -0.15) is 4.68 Å². The molecule has 0 spiro atoms. The van der Waals surface area contributed by atoms with Crippen LogP contribution < -0.4 is 11.0 Å². The standard InChI is InChI=1S/C16H23N5O2/c1-3-20(4-2)12-8-11-17-15(22)14-18-16(23)21(19-14)13-9-6-5-7-10-13/h5-7,9-10H,3-4,8,11-12H2,1-2H3,(H,17,22)(H,18,19,23). The van der Waals surface area contributed by atoms with Gasteiger partial charge in [-0.05, 0) is 38.2 Å². The van der Waals surface area contributed by atoms with Crippen LogP contribution >= 0.6 is 0 Å². The van der Waals surface area contributed by atoms with Crippen LogP contribution in [0.1, 0.15) is 30.9 Å². The number of carbonyl (C=O) groups excluding carboxylic acids is 1. The van der Waals surface area contributed by atoms with E-state index in [-0.39, 0.29) is 11.7 Å². The van der Waals surface area contributed by atoms with E-state index in [0.717, 1.165) is 26.1 Å². The smallest absolute Gasteiger partial charge is 0.348 e. The van der Waals surface area contributed by atoms with Gasteiger partial charge in [0.2, 0.25) is 5.82 Å². The van der Waals surface area contributed by atoms with Gasteiger partial charge in [0.1, 0.15) is 0 Å². The minimum absolute atomic E-state index is 0.0293. The topological polar surface area (TPSA) is 83.0 Å². The lowest BCUT2D eigenvalue weighted by molar-refractivity contribution is 0.0941. The highest BCUT2D eigenvalue weighted by Crippen LogP contribution is 2.02. The minimum atomic E-state index is -0.426. The van der Waals surface area contributed by atoms with E-state index in [0.29, 0.717) is 12.2 Å². The maximum atomic E-state index is 12.1. The van der Waals surface area contributed by atoms with Crippen molar-refractivity contribution in [3.05, 3.63) is 46.6 Å². The van der Waals surface area contributed by atoms with Crippen molar-refractivity contribution in [2.75, 3.05) is 26.2 Å². The third kappa shape index (κ3) is 4.53. The first-order valence-corrected chi connectivity index (χ1v) is 7.91. The highest BCUT2D eigenvalue weighted by molar-refractivity contribution is 5.90. The molecule has 0 atom stereocenters. The second-order valence-corrected chi connectivity index (χ2v) is 5.16. The minimum Gasteiger partial charge on any atom is -0.349 e. The number of para-hydroxylation sites is 1. The average molecular weight is 317 g/mol. The van der Waals surface area contributed by atoms with Crippen LogP contribution in [0.3, 0.4) is 0 Å². The van der Waals surface area contributed by atoms with E-state index in [2.05, 4.69) is 34.1 Å². The fourth-order valence-corrected chi connectivity index (χ4v) is 2.30. The molecular weight excluding hydrogens is 294 g/mol. The zero-order chi connectivity index (χ0) is 16.7. The third-order valence-electron chi connectivity index (χ3n) is 3.66. The van der Waals surface area contributed by atoms with Gasteiger partial charge in [-0.15, -0.1) is 5.10 Å². The van der Waals surface area contributed by atoms with Gasteiger partial charge >= 0.3 is 5.69 Å². The number of nitrogens with one attached hydrogen (secondary N) is 2. The SMILES string of the molecule is CCN(CC)CCCNC(=O)c1nn(-c2ccccc2)c(=O)[nH]1. The predicted octanol–water partition coefficient (Wildman–Crippen LogP) is 1.02. The van der Waals surface area contributed by atoms with E-state index in [1.165, 1.54) is 4.68 Å². The number of hydrogen-bond acceptors (Lipinski definition) is 4. The molecule has 0 bridgehead atoms. The summed E-state index contributed by atoms with van der Waals surface area (Å²) >= 11 is 0. The number of amides is 1. The number of hydrogen-bond donors (Lipinski definition) is 2. The van der Waals surface area contributed by atoms with Gasteiger partial charge in [-0.25, -0.2) is 4.79 Å². The first kappa shape index (κ1) is 17.0. The second-order valence-electron chi connectivity index (χ2n) is 5.16. The van der Waals surface area contributed by atoms with E-state index in [4.69, 9.17) is 0 Å². The number of benzene rings is 1. The highest BCUT2D eigenvalue weighted by Gasteiger charge is 2.13. The molecule has 1 heterocycles. The van der Waals surface area contributed by atoms with Crippen LogP contribution in [-0.2, 0) is 0 Å². The number of H-pyrrole nitrogens is 1. The monoisotopic (exact) mass is 317 g/mol. The van der Waals surface area contributed by atoms with Crippen molar-refractivity contribution in [1.29, 1.82) is 0 Å². The molecule has 7 nitrogen and oxygen atoms in total. The summed E-state index contributed by atoms with van der Waals surface area (Å²) in [4.78, 5) is 28.7. The first-order chi connectivity index (χ1) is 11.2. The van der Waals surface area contributed by atoms with E-state index >= 15 is 0 Å². The largest absolute Gasteiger partial charge is 0.349 e. The van der Waals surface area contributed by atoms with E-state index in [1.54, 1.807) is 12.1 Å². The van der Waals surface area contributed by atoms with Gasteiger partial charge in [0.25, 0.3) is 5.91 Å². The van der Waals surface area contributed by atoms with Crippen molar-refractivity contribution in [1.82, 2.24) is 25.0 Å². The Labute approximate surface area is 135 Å². The van der Waals surface area contributed by atoms with E-state index in [9.17, 15) is 9.59 Å². The molecule has 0 radical (unpaired) electrons. The van der Waals surface area contributed by atoms with Crippen molar-refractivity contribution >= 4 is 5.91 Å². The van der Waals surface area contributed by atoms with Gasteiger partial charge in [0.05, 0.1) is 5.69 Å². The molecule has 1 amide bonds. The summed E-state index contributed by atoms with van der Waals surface area (Å²) in [6, 6.07) is 8.99. The zero-order valence-electron chi connectivity index (χ0n) is 13.6. The Balaban J connectivity index is 1.92. The average Bonchev–Trinajstić information content (AvgIpc) is 2.97.